The Morgan fingerprint density at radius 1 is 1.19 bits per heavy atom. The van der Waals surface area contributed by atoms with Crippen LogP contribution >= 0.6 is 27.7 Å². The predicted octanol–water partition coefficient (Wildman–Crippen LogP) is 3.41. The Kier molecular flexibility index (Phi) is 5.00. The number of halogens is 1. The molecule has 0 unspecified atom stereocenters. The van der Waals surface area contributed by atoms with E-state index in [-0.39, 0.29) is 11.8 Å². The van der Waals surface area contributed by atoms with Crippen molar-refractivity contribution in [2.75, 3.05) is 17.6 Å². The first-order valence-electron chi connectivity index (χ1n) is 8.55. The van der Waals surface area contributed by atoms with Gasteiger partial charge in [-0.2, -0.15) is 0 Å². The minimum atomic E-state index is 0.0120. The number of hydrogen-bond donors (Lipinski definition) is 1. The monoisotopic (exact) mass is 431 g/mol. The van der Waals surface area contributed by atoms with Crippen molar-refractivity contribution in [3.8, 4) is 0 Å². The average Bonchev–Trinajstić information content (AvgIpc) is 2.65. The molecule has 4 rings (SSSR count). The van der Waals surface area contributed by atoms with Gasteiger partial charge in [0, 0.05) is 35.1 Å². The van der Waals surface area contributed by atoms with Crippen LogP contribution in [-0.2, 0) is 29.0 Å². The molecule has 3 heterocycles. The Bertz CT molecular complexity index is 887. The highest BCUT2D eigenvalue weighted by Gasteiger charge is 2.21. The molecule has 2 aromatic rings. The Labute approximate surface area is 164 Å². The van der Waals surface area contributed by atoms with Crippen molar-refractivity contribution in [1.29, 1.82) is 0 Å². The molecule has 0 spiro atoms. The second-order valence-electron chi connectivity index (χ2n) is 6.49. The topological polar surface area (TPSA) is 62.3 Å². The first-order chi connectivity index (χ1) is 12.6. The van der Waals surface area contributed by atoms with Gasteiger partial charge in [-0.05, 0) is 47.7 Å². The van der Waals surface area contributed by atoms with Crippen LogP contribution < -0.4 is 5.32 Å². The Morgan fingerprint density at radius 2 is 2.08 bits per heavy atom. The van der Waals surface area contributed by atoms with Gasteiger partial charge in [0.25, 0.3) is 0 Å². The largest absolute Gasteiger partial charge is 0.337 e. The number of carbonyl (C=O) groups is 2. The lowest BCUT2D eigenvalue weighted by Crippen LogP contribution is -2.37. The lowest BCUT2D eigenvalue weighted by molar-refractivity contribution is -0.129. The molecule has 2 amide bonds. The van der Waals surface area contributed by atoms with Crippen molar-refractivity contribution in [3.63, 3.8) is 0 Å². The van der Waals surface area contributed by atoms with Crippen molar-refractivity contribution < 1.29 is 9.59 Å². The van der Waals surface area contributed by atoms with Gasteiger partial charge in [0.15, 0.2) is 0 Å². The molecule has 5 nitrogen and oxygen atoms in total. The molecule has 0 aliphatic carbocycles. The number of aromatic nitrogens is 1. The molecule has 0 radical (unpaired) electrons. The van der Waals surface area contributed by atoms with Gasteiger partial charge >= 0.3 is 0 Å². The van der Waals surface area contributed by atoms with E-state index in [1.165, 1.54) is 22.9 Å². The van der Waals surface area contributed by atoms with Gasteiger partial charge in [-0.3, -0.25) is 9.59 Å². The number of nitrogens with zero attached hydrogens (tertiary/aromatic N) is 2. The Morgan fingerprint density at radius 3 is 2.96 bits per heavy atom. The summed E-state index contributed by atoms with van der Waals surface area (Å²) in [6.07, 6.45) is 3.82. The highest BCUT2D eigenvalue weighted by Crippen LogP contribution is 2.27. The summed E-state index contributed by atoms with van der Waals surface area (Å²) in [6.45, 7) is 1.44. The van der Waals surface area contributed by atoms with Crippen molar-refractivity contribution in [1.82, 2.24) is 9.88 Å². The molecule has 0 saturated carbocycles. The van der Waals surface area contributed by atoms with Crippen LogP contribution in [-0.4, -0.2) is 34.0 Å². The maximum Gasteiger partial charge on any atom is 0.233 e. The summed E-state index contributed by atoms with van der Waals surface area (Å²) in [7, 11) is 0. The van der Waals surface area contributed by atoms with Gasteiger partial charge < -0.3 is 10.2 Å². The molecule has 1 aromatic heterocycles. The summed E-state index contributed by atoms with van der Waals surface area (Å²) in [5.74, 6) is 1.21. The molecule has 7 heteroatoms. The van der Waals surface area contributed by atoms with E-state index >= 15 is 0 Å². The van der Waals surface area contributed by atoms with Crippen LogP contribution in [0.15, 0.2) is 39.8 Å². The van der Waals surface area contributed by atoms with Crippen LogP contribution in [0.1, 0.15) is 23.1 Å². The van der Waals surface area contributed by atoms with Gasteiger partial charge in [-0.25, -0.2) is 4.98 Å². The van der Waals surface area contributed by atoms with Crippen molar-refractivity contribution >= 4 is 45.3 Å². The maximum atomic E-state index is 12.6. The molecular formula is C19H18BrN3O2S. The molecule has 0 atom stereocenters. The van der Waals surface area contributed by atoms with Crippen molar-refractivity contribution in [2.45, 2.75) is 30.7 Å². The Balaban J connectivity index is 1.37. The van der Waals surface area contributed by atoms with Crippen LogP contribution in [0.2, 0.25) is 0 Å². The van der Waals surface area contributed by atoms with E-state index in [4.69, 9.17) is 0 Å². The first-order valence-corrected chi connectivity index (χ1v) is 10.3. The van der Waals surface area contributed by atoms with Gasteiger partial charge in [-0.1, -0.05) is 22.0 Å². The SMILES string of the molecule is O=C1CCc2cc(SCC(=O)N3CCc4cc(Br)ccc4C3)cnc2N1. The summed E-state index contributed by atoms with van der Waals surface area (Å²) >= 11 is 5.01. The molecule has 26 heavy (non-hydrogen) atoms. The Hall–Kier alpha value is -1.86. The number of carbonyl (C=O) groups excluding carboxylic acids is 2. The van der Waals surface area contributed by atoms with E-state index in [9.17, 15) is 9.59 Å². The van der Waals surface area contributed by atoms with Crippen molar-refractivity contribution in [3.05, 3.63) is 51.6 Å². The maximum absolute atomic E-state index is 12.6. The number of nitrogens with one attached hydrogen (secondary N) is 1. The number of aryl methyl sites for hydroxylation is 1. The number of fused-ring (bicyclic) bond motifs is 2. The van der Waals surface area contributed by atoms with E-state index in [0.29, 0.717) is 31.0 Å². The van der Waals surface area contributed by atoms with Gasteiger partial charge in [0.2, 0.25) is 11.8 Å². The number of rotatable bonds is 3. The van der Waals surface area contributed by atoms with Crippen LogP contribution in [0, 0.1) is 0 Å². The summed E-state index contributed by atoms with van der Waals surface area (Å²) in [5.41, 5.74) is 3.58. The van der Waals surface area contributed by atoms with E-state index in [2.05, 4.69) is 38.4 Å². The highest BCUT2D eigenvalue weighted by molar-refractivity contribution is 9.10. The number of benzene rings is 1. The lowest BCUT2D eigenvalue weighted by atomic mass is 10.00. The summed E-state index contributed by atoms with van der Waals surface area (Å²) in [5, 5.41) is 2.78. The standard InChI is InChI=1S/C19H18BrN3O2S/c20-15-3-1-14-10-23(6-5-12(14)7-15)18(25)11-26-16-8-13-2-4-17(24)22-19(13)21-9-16/h1,3,7-9H,2,4-6,10-11H2,(H,21,22,24). The van der Waals surface area contributed by atoms with Crippen molar-refractivity contribution in [2.24, 2.45) is 0 Å². The van der Waals surface area contributed by atoms with E-state index < -0.39 is 0 Å². The van der Waals surface area contributed by atoms with Crippen LogP contribution in [0.3, 0.4) is 0 Å². The number of hydrogen-bond acceptors (Lipinski definition) is 4. The minimum absolute atomic E-state index is 0.0120. The smallest absolute Gasteiger partial charge is 0.233 e. The number of pyridine rings is 1. The fourth-order valence-electron chi connectivity index (χ4n) is 3.28. The molecule has 1 aromatic carbocycles. The summed E-state index contributed by atoms with van der Waals surface area (Å²) in [4.78, 5) is 31.2. The average molecular weight is 432 g/mol. The zero-order valence-electron chi connectivity index (χ0n) is 14.1. The molecule has 2 aliphatic heterocycles. The lowest BCUT2D eigenvalue weighted by Gasteiger charge is -2.29. The molecule has 0 saturated heterocycles. The third-order valence-electron chi connectivity index (χ3n) is 4.72. The van der Waals surface area contributed by atoms with Crippen LogP contribution in [0.4, 0.5) is 5.82 Å². The predicted molar refractivity (Wildman–Crippen MR) is 105 cm³/mol. The quantitative estimate of drug-likeness (QED) is 0.756. The van der Waals surface area contributed by atoms with E-state index in [0.717, 1.165) is 27.9 Å². The molecule has 1 N–H and O–H groups in total. The molecule has 0 fully saturated rings. The number of anilines is 1. The summed E-state index contributed by atoms with van der Waals surface area (Å²) < 4.78 is 1.09. The second-order valence-corrected chi connectivity index (χ2v) is 8.46. The molecule has 2 aliphatic rings. The fourth-order valence-corrected chi connectivity index (χ4v) is 4.52. The van der Waals surface area contributed by atoms with E-state index in [1.54, 1.807) is 6.20 Å². The third kappa shape index (κ3) is 3.78. The summed E-state index contributed by atoms with van der Waals surface area (Å²) in [6, 6.07) is 8.29. The van der Waals surface area contributed by atoms with Crippen LogP contribution in [0.5, 0.6) is 0 Å². The number of amides is 2. The normalized spacial score (nSPS) is 15.9. The fraction of sp³-hybridized carbons (Fsp3) is 0.316. The molecule has 0 bridgehead atoms. The van der Waals surface area contributed by atoms with E-state index in [1.807, 2.05) is 17.0 Å². The molecular weight excluding hydrogens is 414 g/mol. The second kappa shape index (κ2) is 7.40. The van der Waals surface area contributed by atoms with Gasteiger partial charge in [0.05, 0.1) is 5.75 Å². The minimum Gasteiger partial charge on any atom is -0.337 e. The van der Waals surface area contributed by atoms with Gasteiger partial charge in [0.1, 0.15) is 5.82 Å². The third-order valence-corrected chi connectivity index (χ3v) is 6.16. The first kappa shape index (κ1) is 17.5. The highest BCUT2D eigenvalue weighted by atomic mass is 79.9. The van der Waals surface area contributed by atoms with Crippen LogP contribution in [0.25, 0.3) is 0 Å². The van der Waals surface area contributed by atoms with Gasteiger partial charge in [-0.15, -0.1) is 11.8 Å². The number of thioether (sulfide) groups is 1. The zero-order valence-corrected chi connectivity index (χ0v) is 16.5. The zero-order chi connectivity index (χ0) is 18.1. The molecule has 134 valence electrons.